The van der Waals surface area contributed by atoms with Gasteiger partial charge in [-0.2, -0.15) is 0 Å². The topological polar surface area (TPSA) is 56.7 Å². The molecule has 0 amide bonds. The van der Waals surface area contributed by atoms with E-state index >= 15 is 0 Å². The molecule has 21 heavy (non-hydrogen) atoms. The summed E-state index contributed by atoms with van der Waals surface area (Å²) in [5.74, 6) is 0.528. The average molecular weight is 278 g/mol. The zero-order chi connectivity index (χ0) is 14.7. The first-order valence-corrected chi connectivity index (χ1v) is 7.06. The summed E-state index contributed by atoms with van der Waals surface area (Å²) in [5, 5.41) is 0. The molecule has 0 bridgehead atoms. The molecule has 0 atom stereocenters. The predicted molar refractivity (Wildman–Crippen MR) is 84.8 cm³/mol. The Kier molecular flexibility index (Phi) is 3.69. The van der Waals surface area contributed by atoms with Crippen LogP contribution in [0.3, 0.4) is 0 Å². The summed E-state index contributed by atoms with van der Waals surface area (Å²) in [4.78, 5) is 8.39. The Morgan fingerprint density at radius 2 is 1.86 bits per heavy atom. The molecule has 0 radical (unpaired) electrons. The van der Waals surface area contributed by atoms with E-state index in [4.69, 9.17) is 5.73 Å². The van der Waals surface area contributed by atoms with Crippen LogP contribution in [0.15, 0.2) is 55.1 Å². The van der Waals surface area contributed by atoms with E-state index in [0.717, 1.165) is 24.2 Å². The lowest BCUT2D eigenvalue weighted by molar-refractivity contribution is 0.804. The third kappa shape index (κ3) is 2.79. The van der Waals surface area contributed by atoms with Gasteiger partial charge < -0.3 is 10.3 Å². The van der Waals surface area contributed by atoms with Gasteiger partial charge in [-0.3, -0.25) is 0 Å². The van der Waals surface area contributed by atoms with Gasteiger partial charge in [-0.05, 0) is 29.7 Å². The lowest BCUT2D eigenvalue weighted by Gasteiger charge is -2.10. The third-order valence-electron chi connectivity index (χ3n) is 3.61. The predicted octanol–water partition coefficient (Wildman–Crippen LogP) is 3.14. The Bertz CT molecular complexity index is 729. The molecule has 4 nitrogen and oxygen atoms in total. The van der Waals surface area contributed by atoms with E-state index in [1.807, 2.05) is 24.7 Å². The normalized spacial score (nSPS) is 10.7. The summed E-state index contributed by atoms with van der Waals surface area (Å²) >= 11 is 0. The fraction of sp³-hybridized carbons (Fsp3) is 0.176. The molecule has 0 saturated carbocycles. The van der Waals surface area contributed by atoms with Gasteiger partial charge in [0.25, 0.3) is 0 Å². The van der Waals surface area contributed by atoms with E-state index in [0.29, 0.717) is 5.82 Å². The smallest absolute Gasteiger partial charge is 0.132 e. The first kappa shape index (κ1) is 13.4. The highest BCUT2D eigenvalue weighted by atomic mass is 15.0. The standard InChI is InChI=1S/C17H18N4/c1-2-13-5-7-14(8-6-13)11-21-12-19-10-16(21)15-4-3-9-20-17(15)18/h3-10,12H,2,11H2,1H3,(H2,18,20). The van der Waals surface area contributed by atoms with Crippen LogP contribution in [0.4, 0.5) is 5.82 Å². The molecule has 3 aromatic rings. The fourth-order valence-electron chi connectivity index (χ4n) is 2.38. The van der Waals surface area contributed by atoms with Crippen LogP contribution in [0, 0.1) is 0 Å². The van der Waals surface area contributed by atoms with E-state index < -0.39 is 0 Å². The van der Waals surface area contributed by atoms with Gasteiger partial charge in [-0.25, -0.2) is 9.97 Å². The summed E-state index contributed by atoms with van der Waals surface area (Å²) in [6.45, 7) is 2.93. The van der Waals surface area contributed by atoms with Crippen LogP contribution in [-0.2, 0) is 13.0 Å². The van der Waals surface area contributed by atoms with Crippen molar-refractivity contribution in [3.05, 3.63) is 66.2 Å². The van der Waals surface area contributed by atoms with Gasteiger partial charge in [0, 0.05) is 18.3 Å². The van der Waals surface area contributed by atoms with Gasteiger partial charge in [0.2, 0.25) is 0 Å². The monoisotopic (exact) mass is 278 g/mol. The second kappa shape index (κ2) is 5.79. The largest absolute Gasteiger partial charge is 0.383 e. The number of hydrogen-bond donors (Lipinski definition) is 1. The molecule has 0 aliphatic rings. The summed E-state index contributed by atoms with van der Waals surface area (Å²) in [7, 11) is 0. The van der Waals surface area contributed by atoms with Crippen molar-refractivity contribution >= 4 is 5.82 Å². The highest BCUT2D eigenvalue weighted by molar-refractivity contribution is 5.70. The summed E-state index contributed by atoms with van der Waals surface area (Å²) in [6.07, 6.45) is 6.41. The number of benzene rings is 1. The second-order valence-corrected chi connectivity index (χ2v) is 5.01. The first-order chi connectivity index (χ1) is 10.3. The number of pyridine rings is 1. The lowest BCUT2D eigenvalue weighted by atomic mass is 10.1. The van der Waals surface area contributed by atoms with Crippen molar-refractivity contribution in [2.24, 2.45) is 0 Å². The molecular weight excluding hydrogens is 260 g/mol. The molecule has 1 aromatic carbocycles. The minimum atomic E-state index is 0.528. The summed E-state index contributed by atoms with van der Waals surface area (Å²) in [6, 6.07) is 12.5. The molecule has 106 valence electrons. The molecule has 0 aliphatic carbocycles. The average Bonchev–Trinajstić information content (AvgIpc) is 2.96. The van der Waals surface area contributed by atoms with Crippen LogP contribution in [0.2, 0.25) is 0 Å². The molecule has 0 unspecified atom stereocenters. The SMILES string of the molecule is CCc1ccc(Cn2cncc2-c2cccnc2N)cc1. The zero-order valence-electron chi connectivity index (χ0n) is 12.0. The number of nitrogens with two attached hydrogens (primary N) is 1. The minimum absolute atomic E-state index is 0.528. The molecule has 2 heterocycles. The molecule has 4 heteroatoms. The molecule has 0 saturated heterocycles. The summed E-state index contributed by atoms with van der Waals surface area (Å²) in [5.41, 5.74) is 10.5. The maximum atomic E-state index is 5.96. The Hall–Kier alpha value is -2.62. The van der Waals surface area contributed by atoms with E-state index in [1.165, 1.54) is 11.1 Å². The molecule has 2 aromatic heterocycles. The molecular formula is C17H18N4. The van der Waals surface area contributed by atoms with Crippen LogP contribution in [0.5, 0.6) is 0 Å². The van der Waals surface area contributed by atoms with Gasteiger partial charge in [0.05, 0.1) is 18.2 Å². The molecule has 3 rings (SSSR count). The Balaban J connectivity index is 1.90. The van der Waals surface area contributed by atoms with Gasteiger partial charge in [-0.1, -0.05) is 31.2 Å². The van der Waals surface area contributed by atoms with Crippen LogP contribution in [-0.4, -0.2) is 14.5 Å². The number of imidazole rings is 1. The van der Waals surface area contributed by atoms with Crippen LogP contribution in [0.1, 0.15) is 18.1 Å². The van der Waals surface area contributed by atoms with Crippen molar-refractivity contribution in [1.29, 1.82) is 0 Å². The zero-order valence-corrected chi connectivity index (χ0v) is 12.0. The maximum Gasteiger partial charge on any atom is 0.132 e. The number of aryl methyl sites for hydroxylation is 1. The van der Waals surface area contributed by atoms with Crippen molar-refractivity contribution < 1.29 is 0 Å². The highest BCUT2D eigenvalue weighted by Gasteiger charge is 2.09. The maximum absolute atomic E-state index is 5.96. The highest BCUT2D eigenvalue weighted by Crippen LogP contribution is 2.24. The minimum Gasteiger partial charge on any atom is -0.383 e. The number of anilines is 1. The molecule has 0 aliphatic heterocycles. The van der Waals surface area contributed by atoms with E-state index in [9.17, 15) is 0 Å². The quantitative estimate of drug-likeness (QED) is 0.797. The number of nitrogens with zero attached hydrogens (tertiary/aromatic N) is 3. The van der Waals surface area contributed by atoms with Gasteiger partial charge in [0.1, 0.15) is 5.82 Å². The Morgan fingerprint density at radius 3 is 2.57 bits per heavy atom. The van der Waals surface area contributed by atoms with Crippen LogP contribution < -0.4 is 5.73 Å². The molecule has 0 fully saturated rings. The van der Waals surface area contributed by atoms with Gasteiger partial charge in [-0.15, -0.1) is 0 Å². The van der Waals surface area contributed by atoms with Crippen LogP contribution >= 0.6 is 0 Å². The van der Waals surface area contributed by atoms with E-state index in [-0.39, 0.29) is 0 Å². The van der Waals surface area contributed by atoms with Crippen molar-refractivity contribution in [3.63, 3.8) is 0 Å². The Labute approximate surface area is 124 Å². The van der Waals surface area contributed by atoms with Crippen molar-refractivity contribution in [3.8, 4) is 11.3 Å². The van der Waals surface area contributed by atoms with Crippen molar-refractivity contribution in [2.75, 3.05) is 5.73 Å². The van der Waals surface area contributed by atoms with Crippen LogP contribution in [0.25, 0.3) is 11.3 Å². The molecule has 0 spiro atoms. The van der Waals surface area contributed by atoms with E-state index in [2.05, 4.69) is 45.7 Å². The first-order valence-electron chi connectivity index (χ1n) is 7.06. The number of rotatable bonds is 4. The van der Waals surface area contributed by atoms with Gasteiger partial charge >= 0.3 is 0 Å². The molecule has 2 N–H and O–H groups in total. The van der Waals surface area contributed by atoms with Crippen molar-refractivity contribution in [1.82, 2.24) is 14.5 Å². The lowest BCUT2D eigenvalue weighted by Crippen LogP contribution is -2.02. The third-order valence-corrected chi connectivity index (χ3v) is 3.61. The fourth-order valence-corrected chi connectivity index (χ4v) is 2.38. The second-order valence-electron chi connectivity index (χ2n) is 5.01. The number of hydrogen-bond acceptors (Lipinski definition) is 3. The Morgan fingerprint density at radius 1 is 1.10 bits per heavy atom. The van der Waals surface area contributed by atoms with E-state index in [1.54, 1.807) is 6.20 Å². The number of aromatic nitrogens is 3. The summed E-state index contributed by atoms with van der Waals surface area (Å²) < 4.78 is 2.09. The van der Waals surface area contributed by atoms with Gasteiger partial charge in [0.15, 0.2) is 0 Å². The van der Waals surface area contributed by atoms with Crippen molar-refractivity contribution in [2.45, 2.75) is 19.9 Å². The number of nitrogen functional groups attached to an aromatic ring is 1.